The van der Waals surface area contributed by atoms with Crippen LogP contribution in [-0.4, -0.2) is 37.2 Å². The molecule has 37 heavy (non-hydrogen) atoms. The summed E-state index contributed by atoms with van der Waals surface area (Å²) in [6, 6.07) is 7.91. The van der Waals surface area contributed by atoms with Crippen molar-refractivity contribution in [2.24, 2.45) is 0 Å². The van der Waals surface area contributed by atoms with E-state index in [4.69, 9.17) is 15.5 Å². The maximum Gasteiger partial charge on any atom is 0.263 e. The lowest BCUT2D eigenvalue weighted by atomic mass is 9.97. The highest BCUT2D eigenvalue weighted by Crippen LogP contribution is 2.35. The van der Waals surface area contributed by atoms with Crippen LogP contribution in [0.5, 0.6) is 0 Å². The average molecular weight is 536 g/mol. The van der Waals surface area contributed by atoms with E-state index in [0.29, 0.717) is 29.2 Å². The van der Waals surface area contributed by atoms with Crippen LogP contribution in [-0.2, 0) is 29.9 Å². The second-order valence-corrected chi connectivity index (χ2v) is 11.5. The molecule has 0 amide bonds. The highest BCUT2D eigenvalue weighted by molar-refractivity contribution is 7.98. The summed E-state index contributed by atoms with van der Waals surface area (Å²) in [7, 11) is 0. The summed E-state index contributed by atoms with van der Waals surface area (Å²) < 4.78 is 7.69. The molecule has 3 N–H and O–H groups in total. The molecule has 1 fully saturated rings. The standard InChI is InChI=1S/C26H29N7O2S2/c1-15-7-2-4-10-18(15)28-25-30-20(29-24(27)32-25)14-36-26-31-22-21(17-9-3-5-11-19(17)37-22)23(34)33(26)13-16-8-6-12-35-16/h2,4,7,10,16H,3,5-6,8-9,11-14H2,1H3,(H3,27,28,29,30,32). The molecule has 1 saturated heterocycles. The Balaban J connectivity index is 1.32. The molecule has 11 heteroatoms. The van der Waals surface area contributed by atoms with Crippen molar-refractivity contribution in [3.8, 4) is 0 Å². The van der Waals surface area contributed by atoms with Crippen LogP contribution in [0.15, 0.2) is 34.2 Å². The van der Waals surface area contributed by atoms with Crippen molar-refractivity contribution < 1.29 is 4.74 Å². The van der Waals surface area contributed by atoms with Crippen molar-refractivity contribution in [1.82, 2.24) is 24.5 Å². The van der Waals surface area contributed by atoms with Crippen molar-refractivity contribution in [2.45, 2.75) is 69.0 Å². The fraction of sp³-hybridized carbons (Fsp3) is 0.423. The predicted molar refractivity (Wildman–Crippen MR) is 148 cm³/mol. The van der Waals surface area contributed by atoms with Gasteiger partial charge in [-0.1, -0.05) is 30.0 Å². The van der Waals surface area contributed by atoms with Gasteiger partial charge in [-0.25, -0.2) is 4.98 Å². The molecule has 9 nitrogen and oxygen atoms in total. The molecule has 0 spiro atoms. The second kappa shape index (κ2) is 10.4. The quantitative estimate of drug-likeness (QED) is 0.258. The molecule has 1 atom stereocenters. The van der Waals surface area contributed by atoms with Crippen LogP contribution in [0, 0.1) is 6.92 Å². The zero-order valence-electron chi connectivity index (χ0n) is 20.7. The van der Waals surface area contributed by atoms with E-state index in [2.05, 4.69) is 20.3 Å². The summed E-state index contributed by atoms with van der Waals surface area (Å²) in [5.74, 6) is 1.47. The van der Waals surface area contributed by atoms with Crippen molar-refractivity contribution in [3.05, 3.63) is 56.4 Å². The molecule has 2 aliphatic rings. The zero-order valence-corrected chi connectivity index (χ0v) is 22.3. The molecule has 1 aliphatic carbocycles. The third-order valence-corrected chi connectivity index (χ3v) is 9.03. The number of para-hydroxylation sites is 1. The highest BCUT2D eigenvalue weighted by Gasteiger charge is 2.25. The lowest BCUT2D eigenvalue weighted by Crippen LogP contribution is -2.29. The molecule has 1 aromatic carbocycles. The van der Waals surface area contributed by atoms with Gasteiger partial charge < -0.3 is 15.8 Å². The zero-order chi connectivity index (χ0) is 25.4. The number of nitrogens with zero attached hydrogens (tertiary/aromatic N) is 5. The van der Waals surface area contributed by atoms with E-state index in [1.54, 1.807) is 11.3 Å². The molecule has 1 aliphatic heterocycles. The van der Waals surface area contributed by atoms with Gasteiger partial charge in [-0.15, -0.1) is 11.3 Å². The van der Waals surface area contributed by atoms with Gasteiger partial charge >= 0.3 is 0 Å². The summed E-state index contributed by atoms with van der Waals surface area (Å²) in [4.78, 5) is 34.1. The summed E-state index contributed by atoms with van der Waals surface area (Å²) in [6.07, 6.45) is 6.29. The number of hydrogen-bond donors (Lipinski definition) is 2. The maximum absolute atomic E-state index is 13.8. The van der Waals surface area contributed by atoms with Crippen molar-refractivity contribution >= 4 is 50.9 Å². The van der Waals surface area contributed by atoms with Crippen LogP contribution in [0.1, 0.15) is 47.5 Å². The summed E-state index contributed by atoms with van der Waals surface area (Å²) in [5, 5.41) is 4.70. The highest BCUT2D eigenvalue weighted by atomic mass is 32.2. The minimum Gasteiger partial charge on any atom is -0.376 e. The van der Waals surface area contributed by atoms with Gasteiger partial charge in [-0.2, -0.15) is 15.0 Å². The summed E-state index contributed by atoms with van der Waals surface area (Å²) >= 11 is 3.12. The number of nitrogen functional groups attached to an aromatic ring is 1. The van der Waals surface area contributed by atoms with Gasteiger partial charge in [0, 0.05) is 17.2 Å². The smallest absolute Gasteiger partial charge is 0.263 e. The van der Waals surface area contributed by atoms with Crippen LogP contribution in [0.2, 0.25) is 0 Å². The first-order valence-electron chi connectivity index (χ1n) is 12.7. The Morgan fingerprint density at radius 2 is 2.03 bits per heavy atom. The second-order valence-electron chi connectivity index (χ2n) is 9.50. The number of anilines is 3. The van der Waals surface area contributed by atoms with Crippen LogP contribution in [0.25, 0.3) is 10.2 Å². The van der Waals surface area contributed by atoms with E-state index in [1.165, 1.54) is 28.6 Å². The third kappa shape index (κ3) is 5.07. The Morgan fingerprint density at radius 3 is 2.86 bits per heavy atom. The Labute approximate surface area is 222 Å². The number of thiophene rings is 1. The Bertz CT molecular complexity index is 1510. The minimum atomic E-state index is 0.0310. The SMILES string of the molecule is Cc1ccccc1Nc1nc(N)nc(CSc2nc3sc4c(c3c(=O)n2CC2CCCO2)CCCC4)n1. The Morgan fingerprint density at radius 1 is 1.16 bits per heavy atom. The third-order valence-electron chi connectivity index (χ3n) is 6.87. The van der Waals surface area contributed by atoms with E-state index in [1.807, 2.05) is 35.8 Å². The summed E-state index contributed by atoms with van der Waals surface area (Å²) in [6.45, 7) is 3.27. The van der Waals surface area contributed by atoms with Crippen LogP contribution in [0.4, 0.5) is 17.6 Å². The number of aryl methyl sites for hydroxylation is 3. The van der Waals surface area contributed by atoms with Gasteiger partial charge in [-0.05, 0) is 62.6 Å². The molecule has 0 radical (unpaired) electrons. The molecule has 0 saturated carbocycles. The fourth-order valence-electron chi connectivity index (χ4n) is 5.00. The molecular weight excluding hydrogens is 506 g/mol. The molecule has 0 bridgehead atoms. The van der Waals surface area contributed by atoms with Crippen LogP contribution in [0.3, 0.4) is 0 Å². The molecule has 6 rings (SSSR count). The molecular formula is C26H29N7O2S2. The van der Waals surface area contributed by atoms with Crippen molar-refractivity contribution in [3.63, 3.8) is 0 Å². The van der Waals surface area contributed by atoms with Gasteiger partial charge in [0.2, 0.25) is 11.9 Å². The van der Waals surface area contributed by atoms with E-state index >= 15 is 0 Å². The molecule has 4 aromatic rings. The van der Waals surface area contributed by atoms with Gasteiger partial charge in [0.05, 0.1) is 23.8 Å². The first kappa shape index (κ1) is 24.3. The lowest BCUT2D eigenvalue weighted by Gasteiger charge is -2.16. The van der Waals surface area contributed by atoms with Gasteiger partial charge in [0.25, 0.3) is 5.56 Å². The number of hydrogen-bond acceptors (Lipinski definition) is 10. The topological polar surface area (TPSA) is 121 Å². The van der Waals surface area contributed by atoms with E-state index in [-0.39, 0.29) is 17.6 Å². The van der Waals surface area contributed by atoms with Crippen LogP contribution >= 0.6 is 23.1 Å². The number of nitrogens with two attached hydrogens (primary N) is 1. The molecule has 192 valence electrons. The van der Waals surface area contributed by atoms with Crippen molar-refractivity contribution in [2.75, 3.05) is 17.7 Å². The predicted octanol–water partition coefficient (Wildman–Crippen LogP) is 4.63. The molecule has 4 heterocycles. The first-order valence-corrected chi connectivity index (χ1v) is 14.5. The van der Waals surface area contributed by atoms with E-state index in [9.17, 15) is 4.79 Å². The number of nitrogens with one attached hydrogen (secondary N) is 1. The first-order chi connectivity index (χ1) is 18.0. The van der Waals surface area contributed by atoms with Gasteiger partial charge in [0.1, 0.15) is 10.7 Å². The Kier molecular flexibility index (Phi) is 6.83. The summed E-state index contributed by atoms with van der Waals surface area (Å²) in [5.41, 5.74) is 9.25. The minimum absolute atomic E-state index is 0.0310. The fourth-order valence-corrected chi connectivity index (χ4v) is 7.17. The number of rotatable bonds is 7. The van der Waals surface area contributed by atoms with Gasteiger partial charge in [0.15, 0.2) is 5.16 Å². The van der Waals surface area contributed by atoms with Gasteiger partial charge in [-0.3, -0.25) is 9.36 Å². The van der Waals surface area contributed by atoms with E-state index < -0.39 is 0 Å². The largest absolute Gasteiger partial charge is 0.376 e. The maximum atomic E-state index is 13.8. The number of ether oxygens (including phenoxy) is 1. The normalized spacial score (nSPS) is 17.3. The number of fused-ring (bicyclic) bond motifs is 3. The lowest BCUT2D eigenvalue weighted by molar-refractivity contribution is 0.0937. The van der Waals surface area contributed by atoms with E-state index in [0.717, 1.165) is 60.2 Å². The molecule has 1 unspecified atom stereocenters. The monoisotopic (exact) mass is 535 g/mol. The number of aromatic nitrogens is 5. The number of thioether (sulfide) groups is 1. The van der Waals surface area contributed by atoms with Crippen LogP contribution < -0.4 is 16.6 Å². The average Bonchev–Trinajstić information content (AvgIpc) is 3.53. The Hall–Kier alpha value is -3.02. The molecule has 3 aromatic heterocycles. The number of benzene rings is 1. The van der Waals surface area contributed by atoms with Crippen molar-refractivity contribution in [1.29, 1.82) is 0 Å².